The van der Waals surface area contributed by atoms with Gasteiger partial charge in [-0.25, -0.2) is 12.7 Å². The van der Waals surface area contributed by atoms with E-state index < -0.39 is 10.0 Å². The van der Waals surface area contributed by atoms with Crippen LogP contribution in [0.25, 0.3) is 0 Å². The molecule has 0 N–H and O–H groups in total. The minimum atomic E-state index is -3.15. The van der Waals surface area contributed by atoms with Crippen molar-refractivity contribution < 1.29 is 12.8 Å². The minimum absolute atomic E-state index is 0.269. The molecule has 7 heteroatoms. The van der Waals surface area contributed by atoms with Gasteiger partial charge in [0.25, 0.3) is 0 Å². The summed E-state index contributed by atoms with van der Waals surface area (Å²) in [6.45, 7) is 8.81. The Morgan fingerprint density at radius 3 is 2.52 bits per heavy atom. The van der Waals surface area contributed by atoms with E-state index in [1.807, 2.05) is 0 Å². The highest BCUT2D eigenvalue weighted by atomic mass is 32.2. The Labute approximate surface area is 127 Å². The lowest BCUT2D eigenvalue weighted by Crippen LogP contribution is -2.34. The predicted molar refractivity (Wildman–Crippen MR) is 80.3 cm³/mol. The molecule has 0 aliphatic carbocycles. The number of sulfonamides is 1. The van der Waals surface area contributed by atoms with E-state index in [4.69, 9.17) is 4.42 Å². The molecule has 0 amide bonds. The Kier molecular flexibility index (Phi) is 5.03. The maximum atomic E-state index is 12.1. The molecule has 1 aliphatic rings. The number of nitrogens with zero attached hydrogens (tertiary/aromatic N) is 3. The second-order valence-corrected chi connectivity index (χ2v) is 8.99. The van der Waals surface area contributed by atoms with Gasteiger partial charge in [-0.2, -0.15) is 0 Å². The van der Waals surface area contributed by atoms with Crippen LogP contribution in [-0.4, -0.2) is 41.3 Å². The lowest BCUT2D eigenvalue weighted by Gasteiger charge is -2.18. The molecule has 1 unspecified atom stereocenters. The minimum Gasteiger partial charge on any atom is -0.425 e. The van der Waals surface area contributed by atoms with Crippen molar-refractivity contribution in [2.24, 2.45) is 11.8 Å². The Balaban J connectivity index is 1.92. The van der Waals surface area contributed by atoms with Crippen LogP contribution in [0.2, 0.25) is 0 Å². The Hall–Kier alpha value is -0.950. The second-order valence-electron chi connectivity index (χ2n) is 6.50. The van der Waals surface area contributed by atoms with Crippen molar-refractivity contribution in [3.63, 3.8) is 0 Å². The Bertz CT molecular complexity index is 566. The summed E-state index contributed by atoms with van der Waals surface area (Å²) in [7, 11) is -3.15. The Morgan fingerprint density at radius 2 is 1.90 bits per heavy atom. The maximum Gasteiger partial charge on any atom is 0.216 e. The van der Waals surface area contributed by atoms with Crippen LogP contribution < -0.4 is 0 Å². The first-order valence-corrected chi connectivity index (χ1v) is 9.09. The van der Waals surface area contributed by atoms with E-state index in [0.717, 1.165) is 12.8 Å². The normalized spacial score (nSPS) is 20.8. The average Bonchev–Trinajstić information content (AvgIpc) is 2.99. The lowest BCUT2D eigenvalue weighted by atomic mass is 10.1. The molecule has 1 saturated heterocycles. The summed E-state index contributed by atoms with van der Waals surface area (Å²) < 4.78 is 31.5. The van der Waals surface area contributed by atoms with Crippen LogP contribution in [-0.2, 0) is 22.9 Å². The summed E-state index contributed by atoms with van der Waals surface area (Å²) in [5.74, 6) is 2.05. The zero-order valence-corrected chi connectivity index (χ0v) is 14.1. The van der Waals surface area contributed by atoms with Gasteiger partial charge in [0.15, 0.2) is 0 Å². The standard InChI is InChI=1S/C14H25N3O3S/c1-10(2)7-13-15-16-14(20-13)8-12-5-6-17(9-12)21(18,19)11(3)4/h10-12H,5-9H2,1-4H3. The maximum absolute atomic E-state index is 12.1. The van der Waals surface area contributed by atoms with Crippen LogP contribution in [0.15, 0.2) is 4.42 Å². The zero-order valence-electron chi connectivity index (χ0n) is 13.2. The molecule has 0 aromatic carbocycles. The quantitative estimate of drug-likeness (QED) is 0.801. The van der Waals surface area contributed by atoms with Gasteiger partial charge in [0.1, 0.15) is 0 Å². The fraction of sp³-hybridized carbons (Fsp3) is 0.857. The topological polar surface area (TPSA) is 76.3 Å². The molecule has 0 saturated carbocycles. The highest BCUT2D eigenvalue weighted by molar-refractivity contribution is 7.89. The largest absolute Gasteiger partial charge is 0.425 e. The van der Waals surface area contributed by atoms with Crippen molar-refractivity contribution in [1.82, 2.24) is 14.5 Å². The van der Waals surface area contributed by atoms with Crippen molar-refractivity contribution >= 4 is 10.0 Å². The van der Waals surface area contributed by atoms with Crippen molar-refractivity contribution in [2.75, 3.05) is 13.1 Å². The molecule has 1 aromatic rings. The molecule has 2 rings (SSSR count). The second kappa shape index (κ2) is 6.44. The molecule has 0 radical (unpaired) electrons. The fourth-order valence-electron chi connectivity index (χ4n) is 2.54. The molecule has 1 aromatic heterocycles. The first-order valence-electron chi connectivity index (χ1n) is 7.59. The molecular weight excluding hydrogens is 290 g/mol. The van der Waals surface area contributed by atoms with Crippen molar-refractivity contribution in [1.29, 1.82) is 0 Å². The van der Waals surface area contributed by atoms with Gasteiger partial charge in [-0.05, 0) is 32.1 Å². The molecule has 0 spiro atoms. The van der Waals surface area contributed by atoms with Crippen molar-refractivity contribution in [3.05, 3.63) is 11.8 Å². The Morgan fingerprint density at radius 1 is 1.24 bits per heavy atom. The SMILES string of the molecule is CC(C)Cc1nnc(CC2CCN(S(=O)(=O)C(C)C)C2)o1. The molecule has 1 atom stereocenters. The van der Waals surface area contributed by atoms with Crippen LogP contribution in [0, 0.1) is 11.8 Å². The number of hydrogen-bond acceptors (Lipinski definition) is 5. The summed E-state index contributed by atoms with van der Waals surface area (Å²) in [6.07, 6.45) is 2.30. The molecule has 1 fully saturated rings. The van der Waals surface area contributed by atoms with Crippen LogP contribution in [0.1, 0.15) is 45.9 Å². The summed E-state index contributed by atoms with van der Waals surface area (Å²) in [4.78, 5) is 0. The van der Waals surface area contributed by atoms with E-state index in [0.29, 0.717) is 37.2 Å². The van der Waals surface area contributed by atoms with Gasteiger partial charge in [-0.3, -0.25) is 0 Å². The van der Waals surface area contributed by atoms with Crippen LogP contribution in [0.5, 0.6) is 0 Å². The van der Waals surface area contributed by atoms with Crippen molar-refractivity contribution in [2.45, 2.75) is 52.2 Å². The number of aromatic nitrogens is 2. The van der Waals surface area contributed by atoms with Crippen LogP contribution >= 0.6 is 0 Å². The molecule has 120 valence electrons. The average molecular weight is 315 g/mol. The van der Waals surface area contributed by atoms with Gasteiger partial charge in [0.05, 0.1) is 5.25 Å². The fourth-order valence-corrected chi connectivity index (χ4v) is 3.92. The summed E-state index contributed by atoms with van der Waals surface area (Å²) in [5.41, 5.74) is 0. The first kappa shape index (κ1) is 16.4. The van der Waals surface area contributed by atoms with E-state index >= 15 is 0 Å². The monoisotopic (exact) mass is 315 g/mol. The van der Waals surface area contributed by atoms with Gasteiger partial charge in [0.2, 0.25) is 21.8 Å². The van der Waals surface area contributed by atoms with E-state index in [2.05, 4.69) is 24.0 Å². The summed E-state index contributed by atoms with van der Waals surface area (Å²) >= 11 is 0. The van der Waals surface area contributed by atoms with E-state index in [1.165, 1.54) is 0 Å². The zero-order chi connectivity index (χ0) is 15.6. The first-order chi connectivity index (χ1) is 9.79. The third-order valence-electron chi connectivity index (χ3n) is 3.76. The van der Waals surface area contributed by atoms with Crippen LogP contribution in [0.3, 0.4) is 0 Å². The third-order valence-corrected chi connectivity index (χ3v) is 6.00. The van der Waals surface area contributed by atoms with Gasteiger partial charge in [-0.1, -0.05) is 13.8 Å². The number of hydrogen-bond donors (Lipinski definition) is 0. The molecule has 2 heterocycles. The molecule has 1 aliphatic heterocycles. The van der Waals surface area contributed by atoms with Gasteiger partial charge >= 0.3 is 0 Å². The predicted octanol–water partition coefficient (Wildman–Crippen LogP) is 1.87. The van der Waals surface area contributed by atoms with E-state index in [1.54, 1.807) is 18.2 Å². The van der Waals surface area contributed by atoms with E-state index in [9.17, 15) is 8.42 Å². The number of rotatable bonds is 6. The third kappa shape index (κ3) is 4.03. The summed E-state index contributed by atoms with van der Waals surface area (Å²) in [5, 5.41) is 7.75. The van der Waals surface area contributed by atoms with Gasteiger partial charge in [0, 0.05) is 25.9 Å². The van der Waals surface area contributed by atoms with Crippen molar-refractivity contribution in [3.8, 4) is 0 Å². The molecular formula is C14H25N3O3S. The smallest absolute Gasteiger partial charge is 0.216 e. The molecule has 21 heavy (non-hydrogen) atoms. The van der Waals surface area contributed by atoms with Gasteiger partial charge in [-0.15, -0.1) is 10.2 Å². The van der Waals surface area contributed by atoms with Crippen LogP contribution in [0.4, 0.5) is 0 Å². The van der Waals surface area contributed by atoms with E-state index in [-0.39, 0.29) is 11.2 Å². The van der Waals surface area contributed by atoms with Gasteiger partial charge < -0.3 is 4.42 Å². The summed E-state index contributed by atoms with van der Waals surface area (Å²) in [6, 6.07) is 0. The lowest BCUT2D eigenvalue weighted by molar-refractivity contribution is 0.390. The highest BCUT2D eigenvalue weighted by Gasteiger charge is 2.33. The highest BCUT2D eigenvalue weighted by Crippen LogP contribution is 2.24. The molecule has 6 nitrogen and oxygen atoms in total. The molecule has 0 bridgehead atoms.